The van der Waals surface area contributed by atoms with Crippen LogP contribution in [0.2, 0.25) is 0 Å². The lowest BCUT2D eigenvalue weighted by atomic mass is 10.2. The van der Waals surface area contributed by atoms with Crippen molar-refractivity contribution in [2.24, 2.45) is 0 Å². The van der Waals surface area contributed by atoms with E-state index in [0.717, 1.165) is 5.56 Å². The largest absolute Gasteiger partial charge is 0.303 e. The summed E-state index contributed by atoms with van der Waals surface area (Å²) < 4.78 is 1.58. The number of hydrogen-bond donors (Lipinski definition) is 1. The summed E-state index contributed by atoms with van der Waals surface area (Å²) in [6, 6.07) is 13.1. The zero-order valence-corrected chi connectivity index (χ0v) is 8.42. The van der Waals surface area contributed by atoms with Crippen molar-refractivity contribution in [3.63, 3.8) is 0 Å². The van der Waals surface area contributed by atoms with Crippen molar-refractivity contribution in [2.45, 2.75) is 0 Å². The number of H-pyrrole nitrogens is 1. The Morgan fingerprint density at radius 3 is 2.69 bits per heavy atom. The van der Waals surface area contributed by atoms with E-state index in [9.17, 15) is 4.79 Å². The van der Waals surface area contributed by atoms with Gasteiger partial charge in [0.25, 0.3) is 5.56 Å². The lowest BCUT2D eigenvalue weighted by Gasteiger charge is -2.01. The third kappa shape index (κ3) is 1.32. The smallest absolute Gasteiger partial charge is 0.275 e. The van der Waals surface area contributed by atoms with Crippen LogP contribution in [-0.2, 0) is 0 Å². The first-order valence-corrected chi connectivity index (χ1v) is 4.98. The van der Waals surface area contributed by atoms with Crippen LogP contribution in [0, 0.1) is 0 Å². The molecule has 0 radical (unpaired) electrons. The number of rotatable bonds is 1. The first-order chi connectivity index (χ1) is 7.84. The van der Waals surface area contributed by atoms with Gasteiger partial charge in [0.15, 0.2) is 5.82 Å². The monoisotopic (exact) mass is 211 g/mol. The molecule has 0 bridgehead atoms. The Labute approximate surface area is 91.2 Å². The van der Waals surface area contributed by atoms with Crippen LogP contribution in [0.25, 0.3) is 16.9 Å². The molecule has 16 heavy (non-hydrogen) atoms. The molecule has 3 aromatic rings. The van der Waals surface area contributed by atoms with Gasteiger partial charge in [-0.25, -0.2) is 4.52 Å². The van der Waals surface area contributed by atoms with Crippen molar-refractivity contribution < 1.29 is 0 Å². The lowest BCUT2D eigenvalue weighted by molar-refractivity contribution is 0.899. The van der Waals surface area contributed by atoms with Gasteiger partial charge >= 0.3 is 0 Å². The highest BCUT2D eigenvalue weighted by molar-refractivity contribution is 5.55. The Bertz CT molecular complexity index is 682. The molecule has 0 spiro atoms. The molecule has 1 N–H and O–H groups in total. The zero-order chi connectivity index (χ0) is 11.0. The summed E-state index contributed by atoms with van der Waals surface area (Å²) in [5, 5.41) is 4.33. The molecule has 78 valence electrons. The van der Waals surface area contributed by atoms with Gasteiger partial charge in [-0.05, 0) is 12.1 Å². The van der Waals surface area contributed by atoms with E-state index in [4.69, 9.17) is 0 Å². The molecule has 0 unspecified atom stereocenters. The fraction of sp³-hybridized carbons (Fsp3) is 0. The lowest BCUT2D eigenvalue weighted by Crippen LogP contribution is -2.12. The molecule has 0 amide bonds. The van der Waals surface area contributed by atoms with Gasteiger partial charge in [0.05, 0.1) is 0 Å². The minimum atomic E-state index is -0.126. The molecule has 4 heteroatoms. The third-order valence-corrected chi connectivity index (χ3v) is 2.45. The maximum absolute atomic E-state index is 11.7. The van der Waals surface area contributed by atoms with Crippen molar-refractivity contribution in [3.05, 3.63) is 59.0 Å². The Hall–Kier alpha value is -2.36. The van der Waals surface area contributed by atoms with E-state index in [-0.39, 0.29) is 5.56 Å². The Morgan fingerprint density at radius 1 is 1.06 bits per heavy atom. The molecule has 0 fully saturated rings. The minimum Gasteiger partial charge on any atom is -0.303 e. The standard InChI is InChI=1S/C12H9N3O/c16-12-10-7-4-8-15(10)14-11(13-12)9-5-2-1-3-6-9/h1-8H,(H,13,14,16). The first kappa shape index (κ1) is 8.91. The van der Waals surface area contributed by atoms with Crippen molar-refractivity contribution in [1.29, 1.82) is 0 Å². The van der Waals surface area contributed by atoms with Gasteiger partial charge in [0, 0.05) is 11.8 Å². The number of nitrogens with zero attached hydrogens (tertiary/aromatic N) is 2. The molecule has 2 heterocycles. The first-order valence-electron chi connectivity index (χ1n) is 4.98. The summed E-state index contributed by atoms with van der Waals surface area (Å²) >= 11 is 0. The number of aromatic nitrogens is 3. The van der Waals surface area contributed by atoms with Gasteiger partial charge in [-0.1, -0.05) is 30.3 Å². The summed E-state index contributed by atoms with van der Waals surface area (Å²) in [4.78, 5) is 14.5. The SMILES string of the molecule is O=c1[nH]c(-c2ccccc2)nn2cccc12. The maximum Gasteiger partial charge on any atom is 0.275 e. The van der Waals surface area contributed by atoms with Crippen LogP contribution in [0.3, 0.4) is 0 Å². The van der Waals surface area contributed by atoms with Crippen molar-refractivity contribution >= 4 is 5.52 Å². The Balaban J connectivity index is 2.30. The molecule has 4 nitrogen and oxygen atoms in total. The third-order valence-electron chi connectivity index (χ3n) is 2.45. The van der Waals surface area contributed by atoms with Crippen molar-refractivity contribution in [2.75, 3.05) is 0 Å². The number of hydrogen-bond acceptors (Lipinski definition) is 2. The molecule has 0 atom stereocenters. The summed E-state index contributed by atoms with van der Waals surface area (Å²) in [7, 11) is 0. The van der Waals surface area contributed by atoms with E-state index < -0.39 is 0 Å². The van der Waals surface area contributed by atoms with Crippen LogP contribution in [0.4, 0.5) is 0 Å². The highest BCUT2D eigenvalue weighted by Crippen LogP contribution is 2.11. The predicted octanol–water partition coefficient (Wildman–Crippen LogP) is 1.69. The van der Waals surface area contributed by atoms with Gasteiger partial charge in [0.2, 0.25) is 0 Å². The van der Waals surface area contributed by atoms with E-state index in [0.29, 0.717) is 11.3 Å². The molecule has 3 rings (SSSR count). The van der Waals surface area contributed by atoms with E-state index in [1.165, 1.54) is 0 Å². The Kier molecular flexibility index (Phi) is 1.86. The van der Waals surface area contributed by atoms with Crippen LogP contribution in [0.15, 0.2) is 53.5 Å². The fourth-order valence-corrected chi connectivity index (χ4v) is 1.67. The fourth-order valence-electron chi connectivity index (χ4n) is 1.67. The topological polar surface area (TPSA) is 50.2 Å². The molecule has 0 saturated carbocycles. The molecule has 0 aliphatic heterocycles. The van der Waals surface area contributed by atoms with Crippen molar-refractivity contribution in [1.82, 2.24) is 14.6 Å². The summed E-state index contributed by atoms with van der Waals surface area (Å²) in [6.07, 6.45) is 1.76. The molecule has 0 aliphatic carbocycles. The number of benzene rings is 1. The Morgan fingerprint density at radius 2 is 1.88 bits per heavy atom. The summed E-state index contributed by atoms with van der Waals surface area (Å²) in [5.74, 6) is 0.578. The second kappa shape index (κ2) is 3.34. The van der Waals surface area contributed by atoms with E-state index in [1.807, 2.05) is 30.3 Å². The normalized spacial score (nSPS) is 10.8. The van der Waals surface area contributed by atoms with Gasteiger partial charge in [-0.3, -0.25) is 4.79 Å². The highest BCUT2D eigenvalue weighted by Gasteiger charge is 2.04. The molecular formula is C12H9N3O. The summed E-state index contributed by atoms with van der Waals surface area (Å²) in [5.41, 5.74) is 1.33. The molecule has 1 aromatic carbocycles. The molecule has 0 saturated heterocycles. The zero-order valence-electron chi connectivity index (χ0n) is 8.42. The van der Waals surface area contributed by atoms with Crippen LogP contribution in [-0.4, -0.2) is 14.6 Å². The maximum atomic E-state index is 11.7. The molecule has 0 aliphatic rings. The van der Waals surface area contributed by atoms with Crippen LogP contribution in [0.5, 0.6) is 0 Å². The average molecular weight is 211 g/mol. The van der Waals surface area contributed by atoms with Crippen LogP contribution in [0.1, 0.15) is 0 Å². The van der Waals surface area contributed by atoms with Crippen molar-refractivity contribution in [3.8, 4) is 11.4 Å². The highest BCUT2D eigenvalue weighted by atomic mass is 16.1. The van der Waals surface area contributed by atoms with Gasteiger partial charge in [-0.2, -0.15) is 0 Å². The van der Waals surface area contributed by atoms with E-state index in [2.05, 4.69) is 10.1 Å². The van der Waals surface area contributed by atoms with Crippen LogP contribution < -0.4 is 5.56 Å². The quantitative estimate of drug-likeness (QED) is 0.665. The van der Waals surface area contributed by atoms with Crippen LogP contribution >= 0.6 is 0 Å². The molecular weight excluding hydrogens is 202 g/mol. The minimum absolute atomic E-state index is 0.126. The van der Waals surface area contributed by atoms with E-state index in [1.54, 1.807) is 22.8 Å². The number of nitrogens with one attached hydrogen (secondary N) is 1. The van der Waals surface area contributed by atoms with E-state index >= 15 is 0 Å². The summed E-state index contributed by atoms with van der Waals surface area (Å²) in [6.45, 7) is 0. The van der Waals surface area contributed by atoms with Gasteiger partial charge in [0.1, 0.15) is 5.52 Å². The van der Waals surface area contributed by atoms with Gasteiger partial charge < -0.3 is 4.98 Å². The second-order valence-corrected chi connectivity index (χ2v) is 3.51. The average Bonchev–Trinajstić information content (AvgIpc) is 2.79. The van der Waals surface area contributed by atoms with Gasteiger partial charge in [-0.15, -0.1) is 5.10 Å². The second-order valence-electron chi connectivity index (χ2n) is 3.51. The number of fused-ring (bicyclic) bond motifs is 1. The predicted molar refractivity (Wildman–Crippen MR) is 61.2 cm³/mol. The number of aromatic amines is 1. The molecule has 2 aromatic heterocycles.